The average Bonchev–Trinajstić information content (AvgIpc) is 2.57. The van der Waals surface area contributed by atoms with Gasteiger partial charge in [0.25, 0.3) is 0 Å². The van der Waals surface area contributed by atoms with Gasteiger partial charge in [0, 0.05) is 12.1 Å². The van der Waals surface area contributed by atoms with Gasteiger partial charge in [0.2, 0.25) is 17.8 Å². The van der Waals surface area contributed by atoms with E-state index in [9.17, 15) is 4.79 Å². The molecule has 134 valence electrons. The Labute approximate surface area is 148 Å². The minimum atomic E-state index is -0.480. The standard InChI is InChI=1S/C18H26N6O/c1-3-15(25)21-13-8-7-12(2)14(11-13)24-17(20)22-16(19)23-18(24)9-5-4-6-10-18/h7-8,11H,3-6,9-10H2,1-2H3,(H,21,25)(H4,19,20,22,23). The fourth-order valence-corrected chi connectivity index (χ4v) is 3.65. The van der Waals surface area contributed by atoms with E-state index < -0.39 is 5.66 Å². The van der Waals surface area contributed by atoms with Crippen LogP contribution in [0.3, 0.4) is 0 Å². The Kier molecular flexibility index (Phi) is 4.65. The van der Waals surface area contributed by atoms with Gasteiger partial charge in [-0.05, 0) is 50.3 Å². The van der Waals surface area contributed by atoms with Crippen molar-refractivity contribution >= 4 is 29.2 Å². The van der Waals surface area contributed by atoms with Crippen molar-refractivity contribution in [3.05, 3.63) is 23.8 Å². The van der Waals surface area contributed by atoms with Crippen LogP contribution in [0.1, 0.15) is 51.0 Å². The zero-order valence-electron chi connectivity index (χ0n) is 14.9. The highest BCUT2D eigenvalue weighted by molar-refractivity contribution is 6.06. The van der Waals surface area contributed by atoms with Crippen molar-refractivity contribution < 1.29 is 4.79 Å². The molecule has 7 heteroatoms. The quantitative estimate of drug-likeness (QED) is 0.784. The van der Waals surface area contributed by atoms with Gasteiger partial charge in [-0.1, -0.05) is 19.4 Å². The highest BCUT2D eigenvalue weighted by atomic mass is 16.1. The molecule has 0 saturated heterocycles. The number of anilines is 2. The van der Waals surface area contributed by atoms with Crippen LogP contribution in [-0.4, -0.2) is 23.5 Å². The highest BCUT2D eigenvalue weighted by Crippen LogP contribution is 2.41. The SMILES string of the molecule is CCC(=O)Nc1ccc(C)c(N2C(N)=NC(N)=NC23CCCCC3)c1. The molecule has 1 fully saturated rings. The fraction of sp³-hybridized carbons (Fsp3) is 0.500. The molecule has 3 rings (SSSR count). The van der Waals surface area contributed by atoms with Crippen LogP contribution in [0.5, 0.6) is 0 Å². The van der Waals surface area contributed by atoms with Crippen LogP contribution >= 0.6 is 0 Å². The number of carbonyl (C=O) groups excluding carboxylic acids is 1. The van der Waals surface area contributed by atoms with Crippen LogP contribution in [0.25, 0.3) is 0 Å². The number of nitrogens with two attached hydrogens (primary N) is 2. The molecule has 7 nitrogen and oxygen atoms in total. The third-order valence-corrected chi connectivity index (χ3v) is 4.91. The predicted octanol–water partition coefficient (Wildman–Crippen LogP) is 2.45. The lowest BCUT2D eigenvalue weighted by Crippen LogP contribution is -2.58. The summed E-state index contributed by atoms with van der Waals surface area (Å²) in [5, 5.41) is 2.91. The first-order valence-corrected chi connectivity index (χ1v) is 8.85. The molecule has 0 unspecified atom stereocenters. The van der Waals surface area contributed by atoms with Crippen molar-refractivity contribution in [1.29, 1.82) is 0 Å². The average molecular weight is 342 g/mol. The lowest BCUT2D eigenvalue weighted by molar-refractivity contribution is -0.115. The predicted molar refractivity (Wildman–Crippen MR) is 102 cm³/mol. The molecule has 2 aliphatic rings. The van der Waals surface area contributed by atoms with Crippen molar-refractivity contribution in [2.24, 2.45) is 21.5 Å². The second kappa shape index (κ2) is 6.74. The first-order valence-electron chi connectivity index (χ1n) is 8.85. The van der Waals surface area contributed by atoms with E-state index in [0.717, 1.165) is 42.6 Å². The van der Waals surface area contributed by atoms with E-state index in [2.05, 4.69) is 10.3 Å². The zero-order valence-corrected chi connectivity index (χ0v) is 14.9. The van der Waals surface area contributed by atoms with Crippen molar-refractivity contribution in [2.75, 3.05) is 10.2 Å². The van der Waals surface area contributed by atoms with Gasteiger partial charge in [-0.25, -0.2) is 4.99 Å². The van der Waals surface area contributed by atoms with Crippen LogP contribution in [-0.2, 0) is 4.79 Å². The van der Waals surface area contributed by atoms with Crippen LogP contribution in [0.15, 0.2) is 28.2 Å². The maximum atomic E-state index is 11.7. The maximum Gasteiger partial charge on any atom is 0.224 e. The van der Waals surface area contributed by atoms with Gasteiger partial charge in [-0.15, -0.1) is 0 Å². The molecule has 1 spiro atoms. The summed E-state index contributed by atoms with van der Waals surface area (Å²) in [5.74, 6) is 0.574. The molecule has 5 N–H and O–H groups in total. The van der Waals surface area contributed by atoms with Crippen molar-refractivity contribution in [2.45, 2.75) is 58.0 Å². The molecule has 0 aromatic heterocycles. The molecule has 0 bridgehead atoms. The number of aryl methyl sites for hydroxylation is 1. The summed E-state index contributed by atoms with van der Waals surface area (Å²) in [5.41, 5.74) is 14.4. The Morgan fingerprint density at radius 2 is 2.00 bits per heavy atom. The summed E-state index contributed by atoms with van der Waals surface area (Å²) in [7, 11) is 0. The third kappa shape index (κ3) is 3.31. The van der Waals surface area contributed by atoms with E-state index in [1.54, 1.807) is 0 Å². The van der Waals surface area contributed by atoms with E-state index in [0.29, 0.717) is 12.4 Å². The highest BCUT2D eigenvalue weighted by Gasteiger charge is 2.43. The fourth-order valence-electron chi connectivity index (χ4n) is 3.65. The molecule has 1 aromatic carbocycles. The van der Waals surface area contributed by atoms with Gasteiger partial charge in [0.15, 0.2) is 0 Å². The summed E-state index contributed by atoms with van der Waals surface area (Å²) in [4.78, 5) is 22.6. The Bertz CT molecular complexity index is 733. The van der Waals surface area contributed by atoms with E-state index >= 15 is 0 Å². The molecule has 1 amide bonds. The molecule has 0 atom stereocenters. The number of benzene rings is 1. The van der Waals surface area contributed by atoms with Gasteiger partial charge < -0.3 is 16.8 Å². The monoisotopic (exact) mass is 342 g/mol. The number of nitrogens with one attached hydrogen (secondary N) is 1. The topological polar surface area (TPSA) is 109 Å². The molecular formula is C18H26N6O. The summed E-state index contributed by atoms with van der Waals surface area (Å²) >= 11 is 0. The summed E-state index contributed by atoms with van der Waals surface area (Å²) < 4.78 is 0. The molecule has 1 aromatic rings. The number of nitrogens with zero attached hydrogens (tertiary/aromatic N) is 3. The van der Waals surface area contributed by atoms with Crippen molar-refractivity contribution in [1.82, 2.24) is 0 Å². The summed E-state index contributed by atoms with van der Waals surface area (Å²) in [6.07, 6.45) is 5.54. The minimum Gasteiger partial charge on any atom is -0.369 e. The normalized spacial score (nSPS) is 19.4. The first-order chi connectivity index (χ1) is 11.9. The number of carbonyl (C=O) groups is 1. The molecule has 0 radical (unpaired) electrons. The van der Waals surface area contributed by atoms with E-state index in [-0.39, 0.29) is 11.9 Å². The second-order valence-electron chi connectivity index (χ2n) is 6.72. The molecule has 1 saturated carbocycles. The minimum absolute atomic E-state index is 0.0234. The van der Waals surface area contributed by atoms with E-state index in [4.69, 9.17) is 16.5 Å². The molecule has 1 aliphatic carbocycles. The number of rotatable bonds is 3. The van der Waals surface area contributed by atoms with Crippen molar-refractivity contribution in [3.63, 3.8) is 0 Å². The van der Waals surface area contributed by atoms with Crippen molar-refractivity contribution in [3.8, 4) is 0 Å². The smallest absolute Gasteiger partial charge is 0.224 e. The number of hydrogen-bond donors (Lipinski definition) is 3. The Morgan fingerprint density at radius 3 is 2.68 bits per heavy atom. The Balaban J connectivity index is 2.04. The molecular weight excluding hydrogens is 316 g/mol. The maximum absolute atomic E-state index is 11.7. The summed E-state index contributed by atoms with van der Waals surface area (Å²) in [6.45, 7) is 3.85. The van der Waals surface area contributed by atoms with E-state index in [1.807, 2.05) is 36.9 Å². The number of aliphatic imine (C=N–C) groups is 2. The van der Waals surface area contributed by atoms with Gasteiger partial charge in [0.1, 0.15) is 5.66 Å². The molecule has 1 aliphatic heterocycles. The molecule has 25 heavy (non-hydrogen) atoms. The Morgan fingerprint density at radius 1 is 1.28 bits per heavy atom. The van der Waals surface area contributed by atoms with Gasteiger partial charge in [-0.3, -0.25) is 9.69 Å². The lowest BCUT2D eigenvalue weighted by atomic mass is 9.87. The number of amides is 1. The van der Waals surface area contributed by atoms with Gasteiger partial charge in [0.05, 0.1) is 5.69 Å². The second-order valence-corrected chi connectivity index (χ2v) is 6.72. The number of hydrogen-bond acceptors (Lipinski definition) is 6. The Hall–Kier alpha value is -2.57. The van der Waals surface area contributed by atoms with Crippen LogP contribution in [0.4, 0.5) is 11.4 Å². The largest absolute Gasteiger partial charge is 0.369 e. The lowest BCUT2D eigenvalue weighted by Gasteiger charge is -2.46. The van der Waals surface area contributed by atoms with Crippen LogP contribution in [0, 0.1) is 6.92 Å². The van der Waals surface area contributed by atoms with Crippen LogP contribution in [0.2, 0.25) is 0 Å². The van der Waals surface area contributed by atoms with Gasteiger partial charge in [-0.2, -0.15) is 4.99 Å². The van der Waals surface area contributed by atoms with Crippen LogP contribution < -0.4 is 21.7 Å². The summed E-state index contributed by atoms with van der Waals surface area (Å²) in [6, 6.07) is 5.82. The number of guanidine groups is 2. The zero-order chi connectivity index (χ0) is 18.0. The van der Waals surface area contributed by atoms with E-state index in [1.165, 1.54) is 6.42 Å². The van der Waals surface area contributed by atoms with Gasteiger partial charge >= 0.3 is 0 Å². The third-order valence-electron chi connectivity index (χ3n) is 4.91. The first kappa shape index (κ1) is 17.3. The molecule has 1 heterocycles.